The lowest BCUT2D eigenvalue weighted by Gasteiger charge is -2.42. The summed E-state index contributed by atoms with van der Waals surface area (Å²) in [5.41, 5.74) is 4.33. The van der Waals surface area contributed by atoms with E-state index in [4.69, 9.17) is 10.5 Å². The quantitative estimate of drug-likeness (QED) is 0.761. The van der Waals surface area contributed by atoms with Gasteiger partial charge in [-0.2, -0.15) is 0 Å². The van der Waals surface area contributed by atoms with Gasteiger partial charge >= 0.3 is 5.97 Å². The van der Waals surface area contributed by atoms with Crippen LogP contribution in [0.25, 0.3) is 0 Å². The molecule has 25 heavy (non-hydrogen) atoms. The van der Waals surface area contributed by atoms with Crippen LogP contribution in [0.3, 0.4) is 0 Å². The van der Waals surface area contributed by atoms with Crippen molar-refractivity contribution in [3.8, 4) is 0 Å². The van der Waals surface area contributed by atoms with Crippen molar-refractivity contribution in [3.63, 3.8) is 0 Å². The average Bonchev–Trinajstić information content (AvgIpc) is 2.94. The van der Waals surface area contributed by atoms with Gasteiger partial charge in [0, 0.05) is 5.56 Å². The van der Waals surface area contributed by atoms with E-state index in [1.165, 1.54) is 32.0 Å². The summed E-state index contributed by atoms with van der Waals surface area (Å²) in [6, 6.07) is 5.67. The number of halogens is 1. The molecule has 1 saturated heterocycles. The van der Waals surface area contributed by atoms with Crippen LogP contribution in [0, 0.1) is 5.82 Å². The van der Waals surface area contributed by atoms with E-state index in [2.05, 4.69) is 9.73 Å². The Morgan fingerprint density at radius 1 is 1.40 bits per heavy atom. The van der Waals surface area contributed by atoms with Crippen LogP contribution in [0.15, 0.2) is 29.3 Å². The van der Waals surface area contributed by atoms with E-state index in [1.54, 1.807) is 6.07 Å². The van der Waals surface area contributed by atoms with Crippen LogP contribution in [-0.2, 0) is 29.6 Å². The van der Waals surface area contributed by atoms with E-state index >= 15 is 0 Å². The maximum absolute atomic E-state index is 14.5. The maximum Gasteiger partial charge on any atom is 0.336 e. The van der Waals surface area contributed by atoms with Gasteiger partial charge in [0.2, 0.25) is 0 Å². The topological polar surface area (TPSA) is 108 Å². The Labute approximate surface area is 144 Å². The Kier molecular flexibility index (Phi) is 3.92. The lowest BCUT2D eigenvalue weighted by Crippen LogP contribution is -2.62. The molecule has 0 aliphatic carbocycles. The molecular formula is C16H19FN2O5S. The van der Waals surface area contributed by atoms with E-state index in [0.717, 1.165) is 7.11 Å². The molecule has 0 radical (unpaired) electrons. The zero-order valence-corrected chi connectivity index (χ0v) is 14.8. The van der Waals surface area contributed by atoms with E-state index in [1.807, 2.05) is 0 Å². The first kappa shape index (κ1) is 17.8. The number of amidine groups is 1. The molecule has 2 aliphatic rings. The molecule has 1 fully saturated rings. The zero-order chi connectivity index (χ0) is 18.6. The molecule has 0 bridgehead atoms. The number of esters is 1. The first-order valence-electron chi connectivity index (χ1n) is 7.63. The molecule has 2 N–H and O–H groups in total. The van der Waals surface area contributed by atoms with Gasteiger partial charge in [0.25, 0.3) is 0 Å². The number of aliphatic imine (C=N–C) groups is 1. The fraction of sp³-hybridized carbons (Fsp3) is 0.500. The summed E-state index contributed by atoms with van der Waals surface area (Å²) in [7, 11) is -2.93. The molecule has 0 amide bonds. The summed E-state index contributed by atoms with van der Waals surface area (Å²) >= 11 is 0. The third-order valence-electron chi connectivity index (χ3n) is 4.98. The minimum Gasteiger partial charge on any atom is -0.467 e. The van der Waals surface area contributed by atoms with Crippen molar-refractivity contribution >= 4 is 21.6 Å². The van der Waals surface area contributed by atoms with E-state index in [9.17, 15) is 17.6 Å². The minimum atomic E-state index is -4.06. The molecule has 136 valence electrons. The molecule has 2 aliphatic heterocycles. The fourth-order valence-electron chi connectivity index (χ4n) is 3.38. The molecule has 9 heteroatoms. The van der Waals surface area contributed by atoms with E-state index in [0.29, 0.717) is 0 Å². The summed E-state index contributed by atoms with van der Waals surface area (Å²) in [6.07, 6.45) is -1.41. The number of nitrogens with zero attached hydrogens (tertiary/aromatic N) is 1. The van der Waals surface area contributed by atoms with Crippen LogP contribution in [0.2, 0.25) is 0 Å². The standard InChI is InChI=1S/C16H19FN2O5S/c1-15(2)14(18)19-16(9-6-4-5-7-10(9)17)8-24-11(13(20)23-3)12(16)25(15,21)22/h4-7,11-12H,8H2,1-3H3,(H2,18,19)/t11?,12-,16-/m1/s1. The fourth-order valence-corrected chi connectivity index (χ4v) is 5.62. The molecule has 3 rings (SSSR count). The third kappa shape index (κ3) is 2.22. The van der Waals surface area contributed by atoms with Crippen molar-refractivity contribution in [2.24, 2.45) is 10.7 Å². The highest BCUT2D eigenvalue weighted by molar-refractivity contribution is 7.94. The molecule has 1 aromatic carbocycles. The Morgan fingerprint density at radius 3 is 2.64 bits per heavy atom. The maximum atomic E-state index is 14.5. The normalized spacial score (nSPS) is 32.6. The predicted octanol–water partition coefficient (Wildman–Crippen LogP) is 0.526. The number of carbonyl (C=O) groups excluding carboxylic acids is 1. The highest BCUT2D eigenvalue weighted by Crippen LogP contribution is 2.49. The number of ether oxygens (including phenoxy) is 2. The Hall–Kier alpha value is -2.00. The second kappa shape index (κ2) is 5.50. The van der Waals surface area contributed by atoms with Crippen molar-refractivity contribution in [2.45, 2.75) is 35.5 Å². The van der Waals surface area contributed by atoms with E-state index < -0.39 is 43.3 Å². The number of hydrogen-bond donors (Lipinski definition) is 1. The predicted molar refractivity (Wildman–Crippen MR) is 88.2 cm³/mol. The summed E-state index contributed by atoms with van der Waals surface area (Å²) in [6.45, 7) is 2.51. The SMILES string of the molecule is COC(=O)C1OC[C@]2(c3ccccc3F)N=C(N)C(C)(C)S(=O)(=O)[C@H]12. The lowest BCUT2D eigenvalue weighted by molar-refractivity contribution is -0.150. The smallest absolute Gasteiger partial charge is 0.336 e. The number of carbonyl (C=O) groups is 1. The second-order valence-corrected chi connectivity index (χ2v) is 9.25. The Morgan fingerprint density at radius 2 is 2.04 bits per heavy atom. The average molecular weight is 370 g/mol. The van der Waals surface area contributed by atoms with Crippen LogP contribution in [0.5, 0.6) is 0 Å². The number of fused-ring (bicyclic) bond motifs is 1. The van der Waals surface area contributed by atoms with Gasteiger partial charge in [-0.3, -0.25) is 4.99 Å². The van der Waals surface area contributed by atoms with Gasteiger partial charge in [-0.05, 0) is 19.9 Å². The zero-order valence-electron chi connectivity index (χ0n) is 14.0. The van der Waals surface area contributed by atoms with Crippen LogP contribution >= 0.6 is 0 Å². The number of rotatable bonds is 2. The van der Waals surface area contributed by atoms with Crippen LogP contribution < -0.4 is 5.73 Å². The van der Waals surface area contributed by atoms with Crippen molar-refractivity contribution in [1.82, 2.24) is 0 Å². The molecule has 1 unspecified atom stereocenters. The Bertz CT molecular complexity index is 867. The highest BCUT2D eigenvalue weighted by Gasteiger charge is 2.67. The van der Waals surface area contributed by atoms with Gasteiger partial charge in [-0.1, -0.05) is 18.2 Å². The van der Waals surface area contributed by atoms with Crippen LogP contribution in [0.4, 0.5) is 4.39 Å². The summed E-state index contributed by atoms with van der Waals surface area (Å²) in [5.74, 6) is -1.65. The van der Waals surface area contributed by atoms with Gasteiger partial charge in [0.15, 0.2) is 15.9 Å². The molecule has 0 aromatic heterocycles. The molecule has 2 heterocycles. The lowest BCUT2D eigenvalue weighted by atomic mass is 9.86. The molecule has 1 aromatic rings. The second-order valence-electron chi connectivity index (χ2n) is 6.63. The molecule has 7 nitrogen and oxygen atoms in total. The van der Waals surface area contributed by atoms with Gasteiger partial charge in [-0.25, -0.2) is 17.6 Å². The van der Waals surface area contributed by atoms with E-state index in [-0.39, 0.29) is 18.0 Å². The summed E-state index contributed by atoms with van der Waals surface area (Å²) in [5, 5.41) is -1.44. The monoisotopic (exact) mass is 370 g/mol. The minimum absolute atomic E-state index is 0.0217. The number of nitrogens with two attached hydrogens (primary N) is 1. The molecule has 0 spiro atoms. The molecular weight excluding hydrogens is 351 g/mol. The summed E-state index contributed by atoms with van der Waals surface area (Å²) in [4.78, 5) is 16.5. The largest absolute Gasteiger partial charge is 0.467 e. The molecule has 0 saturated carbocycles. The first-order chi connectivity index (χ1) is 11.6. The van der Waals surface area contributed by atoms with Gasteiger partial charge in [-0.15, -0.1) is 0 Å². The number of benzene rings is 1. The first-order valence-corrected chi connectivity index (χ1v) is 9.18. The number of hydrogen-bond acceptors (Lipinski definition) is 7. The van der Waals surface area contributed by atoms with Gasteiger partial charge in [0.05, 0.1) is 13.7 Å². The number of sulfone groups is 1. The summed E-state index contributed by atoms with van der Waals surface area (Å²) < 4.78 is 49.7. The van der Waals surface area contributed by atoms with Gasteiger partial charge < -0.3 is 15.2 Å². The molecule has 3 atom stereocenters. The number of methoxy groups -OCH3 is 1. The third-order valence-corrected chi connectivity index (χ3v) is 7.92. The van der Waals surface area contributed by atoms with Crippen molar-refractivity contribution in [3.05, 3.63) is 35.6 Å². The van der Waals surface area contributed by atoms with Crippen molar-refractivity contribution in [2.75, 3.05) is 13.7 Å². The van der Waals surface area contributed by atoms with Crippen LogP contribution in [0.1, 0.15) is 19.4 Å². The van der Waals surface area contributed by atoms with Gasteiger partial charge in [0.1, 0.15) is 27.2 Å². The Balaban J connectivity index is 2.34. The van der Waals surface area contributed by atoms with Crippen molar-refractivity contribution < 1.29 is 27.1 Å². The van der Waals surface area contributed by atoms with Crippen LogP contribution in [-0.4, -0.2) is 50.0 Å². The highest BCUT2D eigenvalue weighted by atomic mass is 32.2. The van der Waals surface area contributed by atoms with Crippen molar-refractivity contribution in [1.29, 1.82) is 0 Å².